The van der Waals surface area contributed by atoms with Gasteiger partial charge in [-0.05, 0) is 25.1 Å². The molecule has 0 saturated carbocycles. The van der Waals surface area contributed by atoms with Gasteiger partial charge >= 0.3 is 0 Å². The quantitative estimate of drug-likeness (QED) is 0.321. The number of para-hydroxylation sites is 2. The molecule has 3 aromatic heterocycles. The number of aryl methyl sites for hydroxylation is 1. The Balaban J connectivity index is 1.40. The van der Waals surface area contributed by atoms with Crippen molar-refractivity contribution >= 4 is 50.0 Å². The number of H-pyrrole nitrogens is 1. The zero-order chi connectivity index (χ0) is 20.0. The average Bonchev–Trinajstić information content (AvgIpc) is 3.42. The number of ketones is 1. The highest BCUT2D eigenvalue weighted by atomic mass is 32.1. The van der Waals surface area contributed by atoms with Crippen LogP contribution in [-0.4, -0.2) is 21.7 Å². The van der Waals surface area contributed by atoms with E-state index in [1.807, 2.05) is 54.6 Å². The highest BCUT2D eigenvalue weighted by molar-refractivity contribution is 7.14. The molecule has 0 aliphatic rings. The molecule has 6 nitrogen and oxygen atoms in total. The van der Waals surface area contributed by atoms with Crippen LogP contribution in [0.3, 0.4) is 0 Å². The van der Waals surface area contributed by atoms with E-state index >= 15 is 0 Å². The second-order valence-corrected chi connectivity index (χ2v) is 7.50. The van der Waals surface area contributed by atoms with E-state index in [0.29, 0.717) is 27.8 Å². The third-order valence-corrected chi connectivity index (χ3v) is 5.49. The lowest BCUT2D eigenvalue weighted by Gasteiger charge is -2.01. The number of benzene rings is 2. The second-order valence-electron chi connectivity index (χ2n) is 6.64. The van der Waals surface area contributed by atoms with E-state index < -0.39 is 11.7 Å². The number of furan rings is 1. The fraction of sp³-hybridized carbons (Fsp3) is 0.0455. The minimum atomic E-state index is -0.719. The first kappa shape index (κ1) is 17.4. The van der Waals surface area contributed by atoms with Crippen LogP contribution in [-0.2, 0) is 4.79 Å². The molecule has 0 atom stereocenters. The topological polar surface area (TPSA) is 88.0 Å². The predicted molar refractivity (Wildman–Crippen MR) is 113 cm³/mol. The molecule has 0 saturated heterocycles. The van der Waals surface area contributed by atoms with Crippen molar-refractivity contribution in [2.75, 3.05) is 5.32 Å². The average molecular weight is 401 g/mol. The highest BCUT2D eigenvalue weighted by Gasteiger charge is 2.23. The molecular weight excluding hydrogens is 386 g/mol. The summed E-state index contributed by atoms with van der Waals surface area (Å²) in [5.41, 5.74) is 3.24. The lowest BCUT2D eigenvalue weighted by molar-refractivity contribution is -0.112. The number of nitrogens with zero attached hydrogens (tertiary/aromatic N) is 1. The third-order valence-electron chi connectivity index (χ3n) is 4.73. The molecule has 29 heavy (non-hydrogen) atoms. The summed E-state index contributed by atoms with van der Waals surface area (Å²) in [4.78, 5) is 32.9. The fourth-order valence-corrected chi connectivity index (χ4v) is 4.08. The summed E-state index contributed by atoms with van der Waals surface area (Å²) in [5.74, 6) is -0.703. The van der Waals surface area contributed by atoms with Gasteiger partial charge in [0.1, 0.15) is 11.3 Å². The number of carbonyl (C=O) groups excluding carboxylic acids is 2. The summed E-state index contributed by atoms with van der Waals surface area (Å²) in [6.45, 7) is 1.78. The largest absolute Gasteiger partial charge is 0.454 e. The number of nitrogens with one attached hydrogen (secondary N) is 2. The second kappa shape index (κ2) is 6.72. The van der Waals surface area contributed by atoms with Gasteiger partial charge in [0.15, 0.2) is 10.9 Å². The lowest BCUT2D eigenvalue weighted by atomic mass is 10.1. The van der Waals surface area contributed by atoms with Crippen LogP contribution >= 0.6 is 11.3 Å². The number of carbonyl (C=O) groups is 2. The molecule has 2 N–H and O–H groups in total. The summed E-state index contributed by atoms with van der Waals surface area (Å²) >= 11 is 1.24. The molecule has 0 radical (unpaired) electrons. The molecule has 2 aromatic carbocycles. The van der Waals surface area contributed by atoms with Gasteiger partial charge in [-0.1, -0.05) is 36.4 Å². The molecular formula is C22H15N3O3S. The number of Topliss-reactive ketones (excluding diaryl/α,β-unsaturated/α-hetero) is 1. The van der Waals surface area contributed by atoms with E-state index in [1.165, 1.54) is 11.3 Å². The van der Waals surface area contributed by atoms with Crippen molar-refractivity contribution in [3.05, 3.63) is 71.2 Å². The van der Waals surface area contributed by atoms with Crippen LogP contribution in [0.5, 0.6) is 0 Å². The molecule has 0 spiro atoms. The molecule has 0 unspecified atom stereocenters. The minimum absolute atomic E-state index is 0.344. The number of anilines is 1. The van der Waals surface area contributed by atoms with Gasteiger partial charge in [-0.2, -0.15) is 0 Å². The molecule has 0 fully saturated rings. The summed E-state index contributed by atoms with van der Waals surface area (Å²) < 4.78 is 5.80. The Kier molecular flexibility index (Phi) is 4.03. The first-order valence-electron chi connectivity index (χ1n) is 8.97. The van der Waals surface area contributed by atoms with Gasteiger partial charge in [-0.15, -0.1) is 11.3 Å². The number of aromatic nitrogens is 2. The van der Waals surface area contributed by atoms with Crippen molar-refractivity contribution < 1.29 is 14.0 Å². The van der Waals surface area contributed by atoms with Crippen molar-refractivity contribution in [3.63, 3.8) is 0 Å². The van der Waals surface area contributed by atoms with E-state index in [2.05, 4.69) is 15.3 Å². The Morgan fingerprint density at radius 3 is 2.76 bits per heavy atom. The maximum Gasteiger partial charge on any atom is 0.298 e. The summed E-state index contributed by atoms with van der Waals surface area (Å²) in [5, 5.41) is 6.45. The number of amides is 1. The predicted octanol–water partition coefficient (Wildman–Crippen LogP) is 5.17. The molecule has 7 heteroatoms. The van der Waals surface area contributed by atoms with Crippen molar-refractivity contribution in [1.82, 2.24) is 9.97 Å². The standard InChI is InChI=1S/C22H15N3O3S/c1-12-19(14-7-3-4-8-15(14)23-12)20(26)21(27)25-22-24-16(11-29-22)18-10-13-6-2-5-9-17(13)28-18/h2-11,23H,1H3,(H,24,25,27). The van der Waals surface area contributed by atoms with Gasteiger partial charge in [0.25, 0.3) is 11.7 Å². The van der Waals surface area contributed by atoms with E-state index in [9.17, 15) is 9.59 Å². The van der Waals surface area contributed by atoms with Crippen LogP contribution in [0, 0.1) is 6.92 Å². The number of hydrogen-bond acceptors (Lipinski definition) is 5. The van der Waals surface area contributed by atoms with Crippen LogP contribution in [0.2, 0.25) is 0 Å². The number of thiazole rings is 1. The number of hydrogen-bond donors (Lipinski definition) is 2. The number of fused-ring (bicyclic) bond motifs is 2. The van der Waals surface area contributed by atoms with E-state index in [0.717, 1.165) is 21.9 Å². The van der Waals surface area contributed by atoms with Crippen molar-refractivity contribution in [1.29, 1.82) is 0 Å². The SMILES string of the molecule is Cc1[nH]c2ccccc2c1C(=O)C(=O)Nc1nc(-c2cc3ccccc3o2)cs1. The van der Waals surface area contributed by atoms with Crippen LogP contribution in [0.4, 0.5) is 5.13 Å². The lowest BCUT2D eigenvalue weighted by Crippen LogP contribution is -2.23. The van der Waals surface area contributed by atoms with E-state index in [4.69, 9.17) is 4.42 Å². The Labute approximate surface area is 169 Å². The summed E-state index contributed by atoms with van der Waals surface area (Å²) in [7, 11) is 0. The molecule has 0 aliphatic heterocycles. The van der Waals surface area contributed by atoms with Crippen LogP contribution in [0.25, 0.3) is 33.3 Å². The minimum Gasteiger partial charge on any atom is -0.454 e. The molecule has 3 heterocycles. The van der Waals surface area contributed by atoms with Crippen LogP contribution in [0.1, 0.15) is 16.1 Å². The van der Waals surface area contributed by atoms with E-state index in [-0.39, 0.29) is 0 Å². The smallest absolute Gasteiger partial charge is 0.298 e. The Morgan fingerprint density at radius 1 is 1.10 bits per heavy atom. The molecule has 1 amide bonds. The Morgan fingerprint density at radius 2 is 1.90 bits per heavy atom. The highest BCUT2D eigenvalue weighted by Crippen LogP contribution is 2.30. The molecule has 0 aliphatic carbocycles. The molecule has 5 aromatic rings. The van der Waals surface area contributed by atoms with Gasteiger partial charge in [0.05, 0.1) is 5.56 Å². The van der Waals surface area contributed by atoms with Crippen molar-refractivity contribution in [2.45, 2.75) is 6.92 Å². The van der Waals surface area contributed by atoms with E-state index in [1.54, 1.807) is 12.3 Å². The first-order chi connectivity index (χ1) is 14.1. The zero-order valence-corrected chi connectivity index (χ0v) is 16.2. The molecule has 0 bridgehead atoms. The van der Waals surface area contributed by atoms with Crippen LogP contribution < -0.4 is 5.32 Å². The maximum atomic E-state index is 12.8. The molecule has 142 valence electrons. The van der Waals surface area contributed by atoms with Gasteiger partial charge in [-0.25, -0.2) is 4.98 Å². The number of rotatable bonds is 4. The third kappa shape index (κ3) is 3.01. The van der Waals surface area contributed by atoms with Gasteiger partial charge in [-0.3, -0.25) is 14.9 Å². The normalized spacial score (nSPS) is 11.2. The fourth-order valence-electron chi connectivity index (χ4n) is 3.39. The molecule has 5 rings (SSSR count). The first-order valence-corrected chi connectivity index (χ1v) is 9.85. The zero-order valence-electron chi connectivity index (χ0n) is 15.4. The van der Waals surface area contributed by atoms with Crippen LogP contribution in [0.15, 0.2) is 64.4 Å². The maximum absolute atomic E-state index is 12.8. The Bertz CT molecular complexity index is 1360. The number of aromatic amines is 1. The monoisotopic (exact) mass is 401 g/mol. The van der Waals surface area contributed by atoms with Crippen molar-refractivity contribution in [3.8, 4) is 11.5 Å². The summed E-state index contributed by atoms with van der Waals surface area (Å²) in [6.07, 6.45) is 0. The van der Waals surface area contributed by atoms with Gasteiger partial charge in [0, 0.05) is 27.4 Å². The van der Waals surface area contributed by atoms with Gasteiger partial charge < -0.3 is 9.40 Å². The van der Waals surface area contributed by atoms with Crippen molar-refractivity contribution in [2.24, 2.45) is 0 Å². The van der Waals surface area contributed by atoms with Gasteiger partial charge in [0.2, 0.25) is 0 Å². The summed E-state index contributed by atoms with van der Waals surface area (Å²) in [6, 6.07) is 17.0. The Hall–Kier alpha value is -3.71.